The van der Waals surface area contributed by atoms with Gasteiger partial charge < -0.3 is 5.32 Å². The van der Waals surface area contributed by atoms with Crippen molar-refractivity contribution in [1.29, 1.82) is 0 Å². The van der Waals surface area contributed by atoms with Crippen molar-refractivity contribution >= 4 is 0 Å². The Balaban J connectivity index is 1.74. The van der Waals surface area contributed by atoms with Crippen LogP contribution in [0.25, 0.3) is 0 Å². The maximum Gasteiger partial charge on any atom is 0.0218 e. The lowest BCUT2D eigenvalue weighted by Crippen LogP contribution is -2.46. The van der Waals surface area contributed by atoms with Gasteiger partial charge in [0.05, 0.1) is 0 Å². The summed E-state index contributed by atoms with van der Waals surface area (Å²) in [6, 6.07) is 11.7. The van der Waals surface area contributed by atoms with Gasteiger partial charge in [0.1, 0.15) is 0 Å². The quantitative estimate of drug-likeness (QED) is 0.733. The lowest BCUT2D eigenvalue weighted by Gasteiger charge is -2.37. The molecule has 1 unspecified atom stereocenters. The van der Waals surface area contributed by atoms with Crippen LogP contribution < -0.4 is 5.32 Å². The van der Waals surface area contributed by atoms with Crippen molar-refractivity contribution in [2.24, 2.45) is 5.92 Å². The third-order valence-corrected chi connectivity index (χ3v) is 4.81. The van der Waals surface area contributed by atoms with Crippen LogP contribution in [0.5, 0.6) is 0 Å². The van der Waals surface area contributed by atoms with Gasteiger partial charge in [0, 0.05) is 12.6 Å². The summed E-state index contributed by atoms with van der Waals surface area (Å²) in [6.07, 6.45) is 6.48. The van der Waals surface area contributed by atoms with Crippen LogP contribution in [0, 0.1) is 5.92 Å². The van der Waals surface area contributed by atoms with E-state index in [1.165, 1.54) is 50.8 Å². The standard InChI is InChI=1S/C19H32N2/c1-3-12-20-16-19(4-2)21-13-10-18(11-14-21)15-17-8-6-5-7-9-17/h5-9,18-20H,3-4,10-16H2,1-2H3. The number of benzene rings is 1. The Labute approximate surface area is 130 Å². The number of hydrogen-bond acceptors (Lipinski definition) is 2. The van der Waals surface area contributed by atoms with E-state index in [4.69, 9.17) is 0 Å². The summed E-state index contributed by atoms with van der Waals surface area (Å²) in [6.45, 7) is 9.44. The zero-order valence-electron chi connectivity index (χ0n) is 13.9. The molecular weight excluding hydrogens is 256 g/mol. The summed E-state index contributed by atoms with van der Waals surface area (Å²) in [4.78, 5) is 2.71. The second kappa shape index (κ2) is 9.22. The molecule has 0 saturated carbocycles. The molecule has 1 heterocycles. The van der Waals surface area contributed by atoms with Gasteiger partial charge in [-0.2, -0.15) is 0 Å². The fourth-order valence-electron chi connectivity index (χ4n) is 3.45. The highest BCUT2D eigenvalue weighted by atomic mass is 15.2. The van der Waals surface area contributed by atoms with Gasteiger partial charge in [0.15, 0.2) is 0 Å². The van der Waals surface area contributed by atoms with Crippen LogP contribution in [0.3, 0.4) is 0 Å². The average molecular weight is 288 g/mol. The highest BCUT2D eigenvalue weighted by Gasteiger charge is 2.23. The molecule has 0 aromatic heterocycles. The van der Waals surface area contributed by atoms with Gasteiger partial charge in [-0.15, -0.1) is 0 Å². The molecule has 1 N–H and O–H groups in total. The number of nitrogens with one attached hydrogen (secondary N) is 1. The zero-order valence-corrected chi connectivity index (χ0v) is 13.9. The van der Waals surface area contributed by atoms with Crippen LogP contribution in [0.15, 0.2) is 30.3 Å². The third-order valence-electron chi connectivity index (χ3n) is 4.81. The Hall–Kier alpha value is -0.860. The van der Waals surface area contributed by atoms with Crippen molar-refractivity contribution in [2.45, 2.75) is 52.0 Å². The van der Waals surface area contributed by atoms with Gasteiger partial charge in [0.2, 0.25) is 0 Å². The fourth-order valence-corrected chi connectivity index (χ4v) is 3.45. The van der Waals surface area contributed by atoms with Crippen LogP contribution in [0.1, 0.15) is 45.1 Å². The summed E-state index contributed by atoms with van der Waals surface area (Å²) in [5, 5.41) is 3.59. The summed E-state index contributed by atoms with van der Waals surface area (Å²) in [5.74, 6) is 0.879. The Morgan fingerprint density at radius 2 is 1.86 bits per heavy atom. The number of piperidine rings is 1. The number of hydrogen-bond donors (Lipinski definition) is 1. The molecule has 21 heavy (non-hydrogen) atoms. The predicted octanol–water partition coefficient (Wildman–Crippen LogP) is 3.72. The minimum atomic E-state index is 0.731. The topological polar surface area (TPSA) is 15.3 Å². The van der Waals surface area contributed by atoms with Gasteiger partial charge in [-0.3, -0.25) is 4.90 Å². The van der Waals surface area contributed by atoms with E-state index in [1.54, 1.807) is 0 Å². The predicted molar refractivity (Wildman–Crippen MR) is 91.7 cm³/mol. The highest BCUT2D eigenvalue weighted by molar-refractivity contribution is 5.15. The van der Waals surface area contributed by atoms with Gasteiger partial charge in [-0.1, -0.05) is 44.2 Å². The Morgan fingerprint density at radius 3 is 2.48 bits per heavy atom. The largest absolute Gasteiger partial charge is 0.315 e. The molecule has 1 aliphatic rings. The molecule has 118 valence electrons. The first kappa shape index (κ1) is 16.5. The van der Waals surface area contributed by atoms with Crippen molar-refractivity contribution in [3.8, 4) is 0 Å². The number of rotatable bonds is 8. The van der Waals surface area contributed by atoms with Crippen molar-refractivity contribution < 1.29 is 0 Å². The first-order valence-electron chi connectivity index (χ1n) is 8.82. The molecule has 0 spiro atoms. The van der Waals surface area contributed by atoms with E-state index in [9.17, 15) is 0 Å². The van der Waals surface area contributed by atoms with E-state index < -0.39 is 0 Å². The van der Waals surface area contributed by atoms with E-state index >= 15 is 0 Å². The molecule has 1 saturated heterocycles. The Kier molecular flexibility index (Phi) is 7.25. The van der Waals surface area contributed by atoms with E-state index in [1.807, 2.05) is 0 Å². The van der Waals surface area contributed by atoms with Gasteiger partial charge >= 0.3 is 0 Å². The summed E-state index contributed by atoms with van der Waals surface area (Å²) in [7, 11) is 0. The lowest BCUT2D eigenvalue weighted by molar-refractivity contribution is 0.127. The first-order valence-corrected chi connectivity index (χ1v) is 8.82. The lowest BCUT2D eigenvalue weighted by atomic mass is 9.89. The van der Waals surface area contributed by atoms with Crippen LogP contribution in [-0.2, 0) is 6.42 Å². The molecular formula is C19H32N2. The molecule has 2 nitrogen and oxygen atoms in total. The molecule has 1 atom stereocenters. The van der Waals surface area contributed by atoms with Crippen molar-refractivity contribution in [1.82, 2.24) is 10.2 Å². The van der Waals surface area contributed by atoms with Crippen LogP contribution in [0.2, 0.25) is 0 Å². The summed E-state index contributed by atoms with van der Waals surface area (Å²) in [5.41, 5.74) is 1.51. The molecule has 1 fully saturated rings. The highest BCUT2D eigenvalue weighted by Crippen LogP contribution is 2.23. The molecule has 1 aliphatic heterocycles. The minimum absolute atomic E-state index is 0.731. The van der Waals surface area contributed by atoms with Gasteiger partial charge in [-0.05, 0) is 63.2 Å². The number of likely N-dealkylation sites (tertiary alicyclic amines) is 1. The zero-order chi connectivity index (χ0) is 14.9. The maximum atomic E-state index is 3.59. The molecule has 0 bridgehead atoms. The van der Waals surface area contributed by atoms with Crippen molar-refractivity contribution in [3.05, 3.63) is 35.9 Å². The summed E-state index contributed by atoms with van der Waals surface area (Å²) >= 11 is 0. The van der Waals surface area contributed by atoms with Crippen molar-refractivity contribution in [2.75, 3.05) is 26.2 Å². The monoisotopic (exact) mass is 288 g/mol. The molecule has 1 aromatic rings. The average Bonchev–Trinajstić information content (AvgIpc) is 2.54. The van der Waals surface area contributed by atoms with Crippen LogP contribution in [0.4, 0.5) is 0 Å². The summed E-state index contributed by atoms with van der Waals surface area (Å²) < 4.78 is 0. The Morgan fingerprint density at radius 1 is 1.14 bits per heavy atom. The Bertz CT molecular complexity index is 368. The van der Waals surface area contributed by atoms with E-state index in [2.05, 4.69) is 54.4 Å². The SMILES string of the molecule is CCCNCC(CC)N1CCC(Cc2ccccc2)CC1. The van der Waals surface area contributed by atoms with E-state index in [-0.39, 0.29) is 0 Å². The molecule has 1 aromatic carbocycles. The number of nitrogens with zero attached hydrogens (tertiary/aromatic N) is 1. The molecule has 0 radical (unpaired) electrons. The minimum Gasteiger partial charge on any atom is -0.315 e. The normalized spacial score (nSPS) is 18.8. The van der Waals surface area contributed by atoms with Gasteiger partial charge in [0.25, 0.3) is 0 Å². The fraction of sp³-hybridized carbons (Fsp3) is 0.684. The molecule has 2 rings (SSSR count). The molecule has 0 amide bonds. The van der Waals surface area contributed by atoms with Crippen LogP contribution >= 0.6 is 0 Å². The second-order valence-corrected chi connectivity index (χ2v) is 6.44. The maximum absolute atomic E-state index is 3.59. The van der Waals surface area contributed by atoms with E-state index in [0.29, 0.717) is 0 Å². The van der Waals surface area contributed by atoms with Crippen LogP contribution in [-0.4, -0.2) is 37.1 Å². The van der Waals surface area contributed by atoms with Gasteiger partial charge in [-0.25, -0.2) is 0 Å². The van der Waals surface area contributed by atoms with E-state index in [0.717, 1.165) is 25.0 Å². The smallest absolute Gasteiger partial charge is 0.0218 e. The first-order chi connectivity index (χ1) is 10.3. The third kappa shape index (κ3) is 5.44. The van der Waals surface area contributed by atoms with Crippen molar-refractivity contribution in [3.63, 3.8) is 0 Å². The molecule has 2 heteroatoms. The molecule has 0 aliphatic carbocycles. The second-order valence-electron chi connectivity index (χ2n) is 6.44.